The zero-order valence-electron chi connectivity index (χ0n) is 20.6. The van der Waals surface area contributed by atoms with Crippen LogP contribution < -0.4 is 4.74 Å². The van der Waals surface area contributed by atoms with E-state index in [0.717, 1.165) is 54.9 Å². The number of carbonyl (C=O) groups is 1. The van der Waals surface area contributed by atoms with Crippen LogP contribution in [0, 0.1) is 0 Å². The first-order chi connectivity index (χ1) is 15.5. The van der Waals surface area contributed by atoms with Crippen LogP contribution in [-0.2, 0) is 20.0 Å². The van der Waals surface area contributed by atoms with Crippen LogP contribution in [-0.4, -0.2) is 31.9 Å². The van der Waals surface area contributed by atoms with E-state index in [0.29, 0.717) is 29.2 Å². The topological polar surface area (TPSA) is 80.7 Å². The smallest absolute Gasteiger partial charge is 0.328 e. The summed E-state index contributed by atoms with van der Waals surface area (Å²) in [6, 6.07) is 3.71. The molecule has 0 saturated heterocycles. The van der Waals surface area contributed by atoms with Crippen LogP contribution in [0.15, 0.2) is 46.9 Å². The molecule has 0 radical (unpaired) electrons. The highest BCUT2D eigenvalue weighted by Crippen LogP contribution is 2.42. The lowest BCUT2D eigenvalue weighted by molar-refractivity contribution is -0.131. The summed E-state index contributed by atoms with van der Waals surface area (Å²) in [6.07, 6.45) is 12.3. The van der Waals surface area contributed by atoms with E-state index in [2.05, 4.69) is 20.8 Å². The molecule has 0 amide bonds. The van der Waals surface area contributed by atoms with Crippen LogP contribution in [0.25, 0.3) is 5.57 Å². The zero-order chi connectivity index (χ0) is 24.6. The Morgan fingerprint density at radius 1 is 1.18 bits per heavy atom. The first-order valence-corrected chi connectivity index (χ1v) is 13.4. The molecule has 0 aliphatic carbocycles. The first kappa shape index (κ1) is 26.9. The molecule has 0 spiro atoms. The van der Waals surface area contributed by atoms with Gasteiger partial charge in [0.1, 0.15) is 5.75 Å². The molecule has 0 bridgehead atoms. The normalized spacial score (nSPS) is 18.1. The average Bonchev–Trinajstić information content (AvgIpc) is 2.80. The van der Waals surface area contributed by atoms with Crippen LogP contribution in [0.2, 0.25) is 0 Å². The number of unbranched alkanes of at least 4 members (excludes halogenated alkanes) is 3. The van der Waals surface area contributed by atoms with Gasteiger partial charge in [0.15, 0.2) is 9.84 Å². The molecule has 6 heteroatoms. The Kier molecular flexibility index (Phi) is 9.53. The van der Waals surface area contributed by atoms with Crippen LogP contribution in [0.3, 0.4) is 0 Å². The van der Waals surface area contributed by atoms with Crippen LogP contribution in [0.5, 0.6) is 5.75 Å². The Labute approximate surface area is 199 Å². The molecule has 1 aromatic rings. The second-order valence-electron chi connectivity index (χ2n) is 9.50. The second kappa shape index (κ2) is 11.7. The van der Waals surface area contributed by atoms with Crippen LogP contribution in [0.4, 0.5) is 0 Å². The summed E-state index contributed by atoms with van der Waals surface area (Å²) in [5.41, 5.74) is 3.02. The van der Waals surface area contributed by atoms with Gasteiger partial charge in [0, 0.05) is 11.6 Å². The van der Waals surface area contributed by atoms with E-state index < -0.39 is 15.8 Å². The van der Waals surface area contributed by atoms with E-state index in [1.54, 1.807) is 19.1 Å². The van der Waals surface area contributed by atoms with Crippen molar-refractivity contribution >= 4 is 21.4 Å². The van der Waals surface area contributed by atoms with Crippen molar-refractivity contribution in [2.75, 3.05) is 12.4 Å². The maximum Gasteiger partial charge on any atom is 0.328 e. The SMILES string of the molecule is CCCCCCOc1cc2c(cc1C(C)=CC=CC(C)=CC(=O)O)C(C)(C)CCCS2(=O)=O. The molecule has 1 aliphatic heterocycles. The number of allylic oxidation sites excluding steroid dienone is 5. The molecule has 1 aromatic carbocycles. The van der Waals surface area contributed by atoms with Crippen molar-refractivity contribution in [2.45, 2.75) is 83.5 Å². The summed E-state index contributed by atoms with van der Waals surface area (Å²) < 4.78 is 32.2. The summed E-state index contributed by atoms with van der Waals surface area (Å²) in [4.78, 5) is 11.2. The van der Waals surface area contributed by atoms with E-state index >= 15 is 0 Å². The number of hydrogen-bond donors (Lipinski definition) is 1. The Balaban J connectivity index is 2.52. The van der Waals surface area contributed by atoms with Gasteiger partial charge in [-0.25, -0.2) is 13.2 Å². The summed E-state index contributed by atoms with van der Waals surface area (Å²) in [5.74, 6) is -0.233. The average molecular weight is 475 g/mol. The number of carboxylic acid groups (broad SMARTS) is 1. The minimum absolute atomic E-state index is 0.158. The predicted molar refractivity (Wildman–Crippen MR) is 135 cm³/mol. The van der Waals surface area contributed by atoms with Gasteiger partial charge in [-0.1, -0.05) is 58.3 Å². The lowest BCUT2D eigenvalue weighted by atomic mass is 9.79. The van der Waals surface area contributed by atoms with E-state index in [-0.39, 0.29) is 11.2 Å². The lowest BCUT2D eigenvalue weighted by Gasteiger charge is -2.26. The van der Waals surface area contributed by atoms with E-state index in [1.165, 1.54) is 0 Å². The van der Waals surface area contributed by atoms with Gasteiger partial charge >= 0.3 is 5.97 Å². The molecule has 182 valence electrons. The summed E-state index contributed by atoms with van der Waals surface area (Å²) in [5, 5.41) is 8.88. The number of benzene rings is 1. The fourth-order valence-electron chi connectivity index (χ4n) is 4.11. The number of carboxylic acids is 1. The van der Waals surface area contributed by atoms with Crippen molar-refractivity contribution in [3.63, 3.8) is 0 Å². The molecule has 0 aromatic heterocycles. The van der Waals surface area contributed by atoms with Crippen LogP contribution in [0.1, 0.15) is 84.3 Å². The van der Waals surface area contributed by atoms with Gasteiger partial charge in [-0.05, 0) is 67.4 Å². The van der Waals surface area contributed by atoms with Crippen molar-refractivity contribution in [1.82, 2.24) is 0 Å². The third-order valence-electron chi connectivity index (χ3n) is 6.10. The van der Waals surface area contributed by atoms with Gasteiger partial charge in [-0.15, -0.1) is 0 Å². The second-order valence-corrected chi connectivity index (χ2v) is 11.6. The van der Waals surface area contributed by atoms with Crippen LogP contribution >= 0.6 is 0 Å². The molecule has 0 saturated carbocycles. The molecular formula is C27H38O5S. The largest absolute Gasteiger partial charge is 0.493 e. The highest BCUT2D eigenvalue weighted by molar-refractivity contribution is 7.91. The third kappa shape index (κ3) is 7.60. The van der Waals surface area contributed by atoms with Gasteiger partial charge < -0.3 is 9.84 Å². The monoisotopic (exact) mass is 474 g/mol. The Hall–Kier alpha value is -2.34. The molecule has 0 unspecified atom stereocenters. The first-order valence-electron chi connectivity index (χ1n) is 11.8. The quantitative estimate of drug-likeness (QED) is 0.238. The van der Waals surface area contributed by atoms with Gasteiger partial charge in [-0.2, -0.15) is 0 Å². The van der Waals surface area contributed by atoms with Crippen molar-refractivity contribution in [3.8, 4) is 5.75 Å². The molecule has 0 atom stereocenters. The van der Waals surface area contributed by atoms with E-state index in [1.807, 2.05) is 25.1 Å². The number of fused-ring (bicyclic) bond motifs is 1. The molecule has 33 heavy (non-hydrogen) atoms. The summed E-state index contributed by atoms with van der Waals surface area (Å²) in [7, 11) is -3.37. The Morgan fingerprint density at radius 3 is 2.58 bits per heavy atom. The third-order valence-corrected chi connectivity index (χ3v) is 7.93. The molecule has 1 heterocycles. The van der Waals surface area contributed by atoms with Gasteiger partial charge in [0.05, 0.1) is 17.3 Å². The molecule has 2 rings (SSSR count). The van der Waals surface area contributed by atoms with Gasteiger partial charge in [0.25, 0.3) is 0 Å². The molecule has 5 nitrogen and oxygen atoms in total. The maximum absolute atomic E-state index is 13.0. The summed E-state index contributed by atoms with van der Waals surface area (Å²) in [6.45, 7) is 10.6. The molecule has 1 aliphatic rings. The minimum atomic E-state index is -3.37. The minimum Gasteiger partial charge on any atom is -0.493 e. The van der Waals surface area contributed by atoms with E-state index in [4.69, 9.17) is 9.84 Å². The summed E-state index contributed by atoms with van der Waals surface area (Å²) >= 11 is 0. The number of ether oxygens (including phenoxy) is 1. The number of hydrogen-bond acceptors (Lipinski definition) is 4. The Bertz CT molecular complexity index is 1040. The van der Waals surface area contributed by atoms with Gasteiger partial charge in [-0.3, -0.25) is 0 Å². The van der Waals surface area contributed by atoms with E-state index in [9.17, 15) is 13.2 Å². The highest BCUT2D eigenvalue weighted by atomic mass is 32.2. The molecule has 1 N–H and O–H groups in total. The molecular weight excluding hydrogens is 436 g/mol. The highest BCUT2D eigenvalue weighted by Gasteiger charge is 2.34. The van der Waals surface area contributed by atoms with Gasteiger partial charge in [0.2, 0.25) is 0 Å². The Morgan fingerprint density at radius 2 is 1.91 bits per heavy atom. The predicted octanol–water partition coefficient (Wildman–Crippen LogP) is 6.48. The lowest BCUT2D eigenvalue weighted by Crippen LogP contribution is -2.18. The number of sulfone groups is 1. The van der Waals surface area contributed by atoms with Crippen molar-refractivity contribution in [1.29, 1.82) is 0 Å². The molecule has 0 fully saturated rings. The number of aliphatic carboxylic acids is 1. The zero-order valence-corrected chi connectivity index (χ0v) is 21.4. The van der Waals surface area contributed by atoms with Crippen molar-refractivity contribution < 1.29 is 23.1 Å². The number of rotatable bonds is 10. The van der Waals surface area contributed by atoms with Crippen molar-refractivity contribution in [3.05, 3.63) is 53.1 Å². The fraction of sp³-hybridized carbons (Fsp3) is 0.519. The fourth-order valence-corrected chi connectivity index (χ4v) is 5.81. The maximum atomic E-state index is 13.0. The standard InChI is InChI=1S/C27H38O5S/c1-6-7-8-9-15-32-24-19-25-23(27(4,5)14-11-16-33(25,30)31)18-22(24)21(3)13-10-12-20(2)17-26(28)29/h10,12-13,17-19H,6-9,11,14-16H2,1-5H3,(H,28,29). The van der Waals surface area contributed by atoms with Crippen molar-refractivity contribution in [2.24, 2.45) is 0 Å².